The van der Waals surface area contributed by atoms with Crippen LogP contribution in [0.15, 0.2) is 11.1 Å². The van der Waals surface area contributed by atoms with Crippen LogP contribution in [0.25, 0.3) is 11.2 Å². The van der Waals surface area contributed by atoms with Gasteiger partial charge in [-0.3, -0.25) is 24.1 Å². The number of imidazole rings is 1. The first kappa shape index (κ1) is 27.4. The highest BCUT2D eigenvalue weighted by Gasteiger charge is 2.51. The highest BCUT2D eigenvalue weighted by Crippen LogP contribution is 2.65. The predicted molar refractivity (Wildman–Crippen MR) is 108 cm³/mol. The number of hydrogen-bond donors (Lipinski definition) is 10. The third-order valence-electron chi connectivity index (χ3n) is 3.94. The van der Waals surface area contributed by atoms with Crippen LogP contribution in [0.5, 0.6) is 0 Å². The molecule has 2 unspecified atom stereocenters. The van der Waals surface area contributed by atoms with Crippen LogP contribution in [-0.2, 0) is 37.9 Å². The van der Waals surface area contributed by atoms with Crippen molar-refractivity contribution in [2.24, 2.45) is 0 Å². The van der Waals surface area contributed by atoms with Crippen LogP contribution in [0, 0.1) is 0 Å². The van der Waals surface area contributed by atoms with Crippen LogP contribution < -0.4 is 11.3 Å². The number of anilines is 1. The molecule has 2 aromatic heterocycles. The highest BCUT2D eigenvalue weighted by molar-refractivity contribution is 8.15. The molecular formula is C10H17N5O15P3S+. The standard InChI is InChI=1S/C10H16N5O15P3S/c11-10-13-6-2(7(18)14-10)12-1-15(6)8-4(17)3(16)5(27-8)9(19)28-34-33(25,26)30-32(23,24)29-31(20,21)22/h1,3-5,8-9,16-17,19H,(H7-,11,13,14,18,20,21,22,23,24,25,26)/p+1/t3-,4+,5-,8+,9?/m0/s1. The molecule has 24 heteroatoms. The average molecular weight is 572 g/mol. The van der Waals surface area contributed by atoms with Crippen molar-refractivity contribution >= 4 is 50.7 Å². The van der Waals surface area contributed by atoms with Gasteiger partial charge in [-0.05, 0) is 0 Å². The third-order valence-corrected chi connectivity index (χ3v) is 9.21. The number of nitrogens with two attached hydrogens (primary N) is 1. The molecule has 11 N–H and O–H groups in total. The maximum atomic E-state index is 11.9. The number of nitrogens with one attached hydrogen (secondary N) is 1. The normalized spacial score (nSPS) is 26.5. The van der Waals surface area contributed by atoms with Gasteiger partial charge in [0.1, 0.15) is 18.3 Å². The van der Waals surface area contributed by atoms with E-state index in [0.717, 1.165) is 10.9 Å². The van der Waals surface area contributed by atoms with E-state index in [2.05, 4.69) is 27.8 Å². The Bertz CT molecular complexity index is 1270. The van der Waals surface area contributed by atoms with Crippen molar-refractivity contribution in [2.75, 3.05) is 5.73 Å². The quantitative estimate of drug-likeness (QED) is 0.0636. The van der Waals surface area contributed by atoms with Gasteiger partial charge in [0.05, 0.1) is 6.33 Å². The number of ether oxygens (including phenoxy) is 1. The molecule has 1 fully saturated rings. The van der Waals surface area contributed by atoms with Crippen molar-refractivity contribution in [2.45, 2.75) is 30.8 Å². The van der Waals surface area contributed by atoms with Crippen molar-refractivity contribution in [3.05, 3.63) is 16.7 Å². The minimum atomic E-state index is -5.69. The molecule has 3 heterocycles. The molecule has 6 atom stereocenters. The molecule has 0 aromatic carbocycles. The van der Waals surface area contributed by atoms with E-state index in [0.29, 0.717) is 0 Å². The molecule has 1 saturated heterocycles. The number of aliphatic hydroxyl groups is 3. The van der Waals surface area contributed by atoms with Crippen molar-refractivity contribution in [3.8, 4) is 0 Å². The Hall–Kier alpha value is -1.22. The summed E-state index contributed by atoms with van der Waals surface area (Å²) in [4.78, 5) is 67.1. The van der Waals surface area contributed by atoms with Crippen LogP contribution in [0.4, 0.5) is 5.95 Å². The van der Waals surface area contributed by atoms with E-state index in [-0.39, 0.29) is 17.1 Å². The first-order chi connectivity index (χ1) is 15.5. The van der Waals surface area contributed by atoms with Gasteiger partial charge in [-0.2, -0.15) is 13.6 Å². The second-order valence-electron chi connectivity index (χ2n) is 6.42. The molecule has 0 radical (unpaired) electrons. The monoisotopic (exact) mass is 572 g/mol. The molecule has 0 saturated carbocycles. The van der Waals surface area contributed by atoms with Gasteiger partial charge < -0.3 is 40.5 Å². The summed E-state index contributed by atoms with van der Waals surface area (Å²) in [6.07, 6.45) is -8.12. The van der Waals surface area contributed by atoms with Gasteiger partial charge in [0.15, 0.2) is 17.4 Å². The largest absolute Gasteiger partial charge is 0.571 e. The Kier molecular flexibility index (Phi) is 7.79. The van der Waals surface area contributed by atoms with Gasteiger partial charge in [0.25, 0.3) is 5.56 Å². The summed E-state index contributed by atoms with van der Waals surface area (Å²) in [5, 5.41) is 30.6. The number of nitrogens with zero attached hydrogens (tertiary/aromatic N) is 3. The zero-order chi connectivity index (χ0) is 25.6. The van der Waals surface area contributed by atoms with E-state index in [1.54, 1.807) is 0 Å². The fourth-order valence-corrected chi connectivity index (χ4v) is 7.29. The fraction of sp³-hybridized carbons (Fsp3) is 0.500. The van der Waals surface area contributed by atoms with Crippen molar-refractivity contribution in [1.82, 2.24) is 19.5 Å². The molecule has 1 aliphatic rings. The summed E-state index contributed by atoms with van der Waals surface area (Å²) in [7, 11) is -11.3. The van der Waals surface area contributed by atoms with Crippen LogP contribution in [0.1, 0.15) is 6.23 Å². The van der Waals surface area contributed by atoms with Gasteiger partial charge >= 0.3 is 33.6 Å². The SMILES string of the molecule is Nc1nc2c(ncn2[C@@H]2O[C@H](C(O)O[S+]=P(O)(O)OP(=O)(O)OP(=O)(O)O)[C@@H](O)[C@H]2O)c(=O)[nH]1. The number of aliphatic hydroxyl groups excluding tert-OH is 3. The van der Waals surface area contributed by atoms with Crippen molar-refractivity contribution < 1.29 is 66.5 Å². The Morgan fingerprint density at radius 1 is 1.18 bits per heavy atom. The Labute approximate surface area is 190 Å². The van der Waals surface area contributed by atoms with Crippen molar-refractivity contribution in [3.63, 3.8) is 0 Å². The van der Waals surface area contributed by atoms with Gasteiger partial charge in [-0.25, -0.2) is 14.1 Å². The lowest BCUT2D eigenvalue weighted by atomic mass is 10.1. The molecule has 34 heavy (non-hydrogen) atoms. The second-order valence-corrected chi connectivity index (χ2v) is 12.8. The van der Waals surface area contributed by atoms with Crippen LogP contribution in [0.3, 0.4) is 0 Å². The number of aromatic amines is 1. The topological polar surface area (TPSA) is 322 Å². The number of H-pyrrole nitrogens is 1. The number of rotatable bonds is 8. The Morgan fingerprint density at radius 3 is 2.44 bits per heavy atom. The minimum absolute atomic E-state index is 0.143. The lowest BCUT2D eigenvalue weighted by molar-refractivity contribution is -0.148. The molecule has 20 nitrogen and oxygen atoms in total. The second kappa shape index (κ2) is 9.68. The summed E-state index contributed by atoms with van der Waals surface area (Å²) < 4.78 is 40.2. The summed E-state index contributed by atoms with van der Waals surface area (Å²) in [5.74, 6) is -0.293. The van der Waals surface area contributed by atoms with Gasteiger partial charge in [0.2, 0.25) is 12.2 Å². The minimum Gasteiger partial charge on any atom is -0.387 e. The van der Waals surface area contributed by atoms with Gasteiger partial charge in [-0.15, -0.1) is 0 Å². The van der Waals surface area contributed by atoms with E-state index in [9.17, 15) is 39.0 Å². The number of hydrogen-bond acceptors (Lipinski definition) is 13. The van der Waals surface area contributed by atoms with E-state index in [1.165, 1.54) is 0 Å². The average Bonchev–Trinajstić information content (AvgIpc) is 3.19. The van der Waals surface area contributed by atoms with Crippen molar-refractivity contribution in [1.29, 1.82) is 0 Å². The van der Waals surface area contributed by atoms with E-state index in [4.69, 9.17) is 25.2 Å². The summed E-state index contributed by atoms with van der Waals surface area (Å²) in [6, 6.07) is 0. The molecular weight excluding hydrogens is 555 g/mol. The molecule has 1 aliphatic heterocycles. The smallest absolute Gasteiger partial charge is 0.387 e. The zero-order valence-electron chi connectivity index (χ0n) is 16.1. The lowest BCUT2D eigenvalue weighted by Crippen LogP contribution is -2.39. The van der Waals surface area contributed by atoms with E-state index < -0.39 is 70.0 Å². The van der Waals surface area contributed by atoms with Crippen LogP contribution >= 0.6 is 22.4 Å². The maximum absolute atomic E-state index is 11.9. The highest BCUT2D eigenvalue weighted by atomic mass is 32.5. The number of fused-ring (bicyclic) bond motifs is 1. The number of phosphoric acid groups is 2. The lowest BCUT2D eigenvalue weighted by Gasteiger charge is -2.16. The molecule has 0 aliphatic carbocycles. The van der Waals surface area contributed by atoms with Crippen LogP contribution in [-0.4, -0.2) is 83.9 Å². The number of aromatic nitrogens is 4. The van der Waals surface area contributed by atoms with Crippen LogP contribution in [0.2, 0.25) is 0 Å². The molecule has 3 rings (SSSR count). The molecule has 0 spiro atoms. The van der Waals surface area contributed by atoms with E-state index >= 15 is 0 Å². The zero-order valence-corrected chi connectivity index (χ0v) is 19.6. The summed E-state index contributed by atoms with van der Waals surface area (Å²) >= 11 is -0.546. The van der Waals surface area contributed by atoms with E-state index in [1.807, 2.05) is 0 Å². The first-order valence-corrected chi connectivity index (χ1v) is 14.4. The molecule has 0 bridgehead atoms. The first-order valence-electron chi connectivity index (χ1n) is 8.42. The summed E-state index contributed by atoms with van der Waals surface area (Å²) in [6.45, 7) is -5.11. The predicted octanol–water partition coefficient (Wildman–Crippen LogP) is -3.46. The molecule has 192 valence electrons. The fourth-order valence-electron chi connectivity index (χ4n) is 2.73. The summed E-state index contributed by atoms with van der Waals surface area (Å²) in [5.41, 5.74) is 4.44. The Morgan fingerprint density at radius 2 is 1.82 bits per heavy atom. The number of nitrogen functional groups attached to an aromatic ring is 1. The van der Waals surface area contributed by atoms with Gasteiger partial charge in [0, 0.05) is 0 Å². The molecule has 0 amide bonds. The third kappa shape index (κ3) is 6.31. The molecule has 2 aromatic rings. The maximum Gasteiger partial charge on any atom is 0.571 e. The Balaban J connectivity index is 1.77. The van der Waals surface area contributed by atoms with Gasteiger partial charge in [-0.1, -0.05) is 4.18 Å².